The van der Waals surface area contributed by atoms with E-state index in [4.69, 9.17) is 19.7 Å². The Labute approximate surface area is 102 Å². The van der Waals surface area contributed by atoms with Gasteiger partial charge in [0.25, 0.3) is 0 Å². The summed E-state index contributed by atoms with van der Waals surface area (Å²) in [5.41, 5.74) is -0.572. The summed E-state index contributed by atoms with van der Waals surface area (Å²) in [7, 11) is 0. The number of hydrogen-bond donors (Lipinski definition) is 2. The molecule has 0 unspecified atom stereocenters. The summed E-state index contributed by atoms with van der Waals surface area (Å²) in [4.78, 5) is 10.7. The molecule has 0 heterocycles. The lowest BCUT2D eigenvalue weighted by Gasteiger charge is -2.27. The minimum absolute atomic E-state index is 0.106. The summed E-state index contributed by atoms with van der Waals surface area (Å²) in [6.45, 7) is 5.96. The van der Waals surface area contributed by atoms with E-state index in [0.29, 0.717) is 26.1 Å². The van der Waals surface area contributed by atoms with Gasteiger partial charge in [0, 0.05) is 24.5 Å². The Hall–Kier alpha value is -0.910. The standard InChI is InChI=1S/C12H22O5/c1-3-11(15)17-7-5-6-16-10-12(4-2,8-13)9-14/h3,13-14H,1,4-10H2,2H3. The molecule has 0 aromatic rings. The van der Waals surface area contributed by atoms with Crippen LogP contribution in [0.15, 0.2) is 12.7 Å². The normalized spacial score (nSPS) is 11.2. The average molecular weight is 246 g/mol. The van der Waals surface area contributed by atoms with E-state index in [-0.39, 0.29) is 19.8 Å². The Balaban J connectivity index is 3.62. The first-order valence-electron chi connectivity index (χ1n) is 5.72. The SMILES string of the molecule is C=CC(=O)OCCCOCC(CC)(CO)CO. The maximum absolute atomic E-state index is 10.7. The van der Waals surface area contributed by atoms with Crippen LogP contribution in [-0.4, -0.2) is 49.2 Å². The first kappa shape index (κ1) is 16.1. The molecule has 0 rings (SSSR count). The van der Waals surface area contributed by atoms with Gasteiger partial charge in [-0.1, -0.05) is 13.5 Å². The Morgan fingerprint density at radius 3 is 2.47 bits per heavy atom. The van der Waals surface area contributed by atoms with Gasteiger partial charge in [-0.15, -0.1) is 0 Å². The van der Waals surface area contributed by atoms with Crippen LogP contribution in [0.2, 0.25) is 0 Å². The zero-order valence-electron chi connectivity index (χ0n) is 10.4. The van der Waals surface area contributed by atoms with E-state index >= 15 is 0 Å². The van der Waals surface area contributed by atoms with E-state index < -0.39 is 11.4 Å². The lowest BCUT2D eigenvalue weighted by molar-refractivity contribution is -0.138. The second-order valence-corrected chi connectivity index (χ2v) is 3.95. The van der Waals surface area contributed by atoms with Gasteiger partial charge < -0.3 is 19.7 Å². The van der Waals surface area contributed by atoms with Gasteiger partial charge in [0.15, 0.2) is 0 Å². The predicted molar refractivity (Wildman–Crippen MR) is 63.5 cm³/mol. The first-order chi connectivity index (χ1) is 8.14. The van der Waals surface area contributed by atoms with Gasteiger partial charge in [0.2, 0.25) is 0 Å². The molecule has 0 aliphatic rings. The zero-order chi connectivity index (χ0) is 13.1. The van der Waals surface area contributed by atoms with Gasteiger partial charge in [-0.25, -0.2) is 4.79 Å². The Bertz CT molecular complexity index is 215. The fourth-order valence-electron chi connectivity index (χ4n) is 1.15. The molecule has 0 aliphatic heterocycles. The highest BCUT2D eigenvalue weighted by atomic mass is 16.5. The minimum Gasteiger partial charge on any atom is -0.462 e. The first-order valence-corrected chi connectivity index (χ1v) is 5.72. The van der Waals surface area contributed by atoms with Crippen LogP contribution in [0.1, 0.15) is 19.8 Å². The van der Waals surface area contributed by atoms with Crippen molar-refractivity contribution < 1.29 is 24.5 Å². The summed E-state index contributed by atoms with van der Waals surface area (Å²) >= 11 is 0. The topological polar surface area (TPSA) is 76.0 Å². The molecule has 0 atom stereocenters. The largest absolute Gasteiger partial charge is 0.462 e. The molecule has 0 aromatic carbocycles. The van der Waals surface area contributed by atoms with Crippen LogP contribution in [0.4, 0.5) is 0 Å². The molecule has 2 N–H and O–H groups in total. The van der Waals surface area contributed by atoms with E-state index in [9.17, 15) is 4.79 Å². The van der Waals surface area contributed by atoms with Crippen molar-refractivity contribution in [3.05, 3.63) is 12.7 Å². The summed E-state index contributed by atoms with van der Waals surface area (Å²) in [5, 5.41) is 18.3. The van der Waals surface area contributed by atoms with Crippen molar-refractivity contribution in [2.75, 3.05) is 33.0 Å². The van der Waals surface area contributed by atoms with Crippen LogP contribution in [0.25, 0.3) is 0 Å². The number of rotatable bonds is 10. The fraction of sp³-hybridized carbons (Fsp3) is 0.750. The van der Waals surface area contributed by atoms with Crippen LogP contribution >= 0.6 is 0 Å². The zero-order valence-corrected chi connectivity index (χ0v) is 10.4. The van der Waals surface area contributed by atoms with Gasteiger partial charge in [0.05, 0.1) is 26.4 Å². The molecular weight excluding hydrogens is 224 g/mol. The molecule has 0 aliphatic carbocycles. The van der Waals surface area contributed by atoms with Crippen molar-refractivity contribution in [2.45, 2.75) is 19.8 Å². The highest BCUT2D eigenvalue weighted by molar-refractivity contribution is 5.81. The quantitative estimate of drug-likeness (QED) is 0.333. The average Bonchev–Trinajstić information content (AvgIpc) is 2.38. The monoisotopic (exact) mass is 246 g/mol. The van der Waals surface area contributed by atoms with Crippen LogP contribution in [-0.2, 0) is 14.3 Å². The van der Waals surface area contributed by atoms with Crippen LogP contribution in [0.3, 0.4) is 0 Å². The van der Waals surface area contributed by atoms with E-state index in [2.05, 4.69) is 6.58 Å². The van der Waals surface area contributed by atoms with Gasteiger partial charge in [0.1, 0.15) is 0 Å². The molecule has 5 heteroatoms. The molecule has 0 bridgehead atoms. The van der Waals surface area contributed by atoms with E-state index in [1.54, 1.807) is 0 Å². The molecule has 0 spiro atoms. The van der Waals surface area contributed by atoms with Crippen LogP contribution in [0, 0.1) is 5.41 Å². The van der Waals surface area contributed by atoms with Crippen molar-refractivity contribution in [1.82, 2.24) is 0 Å². The number of aliphatic hydroxyl groups is 2. The number of aliphatic hydroxyl groups excluding tert-OH is 2. The molecule has 5 nitrogen and oxygen atoms in total. The number of esters is 1. The molecule has 0 saturated heterocycles. The minimum atomic E-state index is -0.572. The van der Waals surface area contributed by atoms with Crippen LogP contribution < -0.4 is 0 Å². The summed E-state index contributed by atoms with van der Waals surface area (Å²) < 4.78 is 10.1. The van der Waals surface area contributed by atoms with Crippen molar-refractivity contribution >= 4 is 5.97 Å². The summed E-state index contributed by atoms with van der Waals surface area (Å²) in [5.74, 6) is -0.446. The van der Waals surface area contributed by atoms with E-state index in [0.717, 1.165) is 6.08 Å². The van der Waals surface area contributed by atoms with Gasteiger partial charge in [-0.3, -0.25) is 0 Å². The molecule has 17 heavy (non-hydrogen) atoms. The second-order valence-electron chi connectivity index (χ2n) is 3.95. The maximum atomic E-state index is 10.7. The van der Waals surface area contributed by atoms with Crippen molar-refractivity contribution in [3.8, 4) is 0 Å². The number of hydrogen-bond acceptors (Lipinski definition) is 5. The highest BCUT2D eigenvalue weighted by Crippen LogP contribution is 2.20. The number of ether oxygens (including phenoxy) is 2. The Morgan fingerprint density at radius 2 is 2.00 bits per heavy atom. The second kappa shape index (κ2) is 9.15. The Kier molecular flexibility index (Phi) is 8.66. The molecular formula is C12H22O5. The lowest BCUT2D eigenvalue weighted by Crippen LogP contribution is -2.34. The molecule has 0 saturated carbocycles. The van der Waals surface area contributed by atoms with E-state index in [1.807, 2.05) is 6.92 Å². The third-order valence-corrected chi connectivity index (χ3v) is 2.67. The molecule has 100 valence electrons. The smallest absolute Gasteiger partial charge is 0.330 e. The predicted octanol–water partition coefficient (Wildman–Crippen LogP) is 0.503. The van der Waals surface area contributed by atoms with Crippen LogP contribution in [0.5, 0.6) is 0 Å². The number of carbonyl (C=O) groups is 1. The third-order valence-electron chi connectivity index (χ3n) is 2.67. The van der Waals surface area contributed by atoms with Crippen molar-refractivity contribution in [3.63, 3.8) is 0 Å². The Morgan fingerprint density at radius 1 is 1.35 bits per heavy atom. The molecule has 0 amide bonds. The summed E-state index contributed by atoms with van der Waals surface area (Å²) in [6.07, 6.45) is 2.34. The highest BCUT2D eigenvalue weighted by Gasteiger charge is 2.26. The fourth-order valence-corrected chi connectivity index (χ4v) is 1.15. The van der Waals surface area contributed by atoms with Crippen molar-refractivity contribution in [1.29, 1.82) is 0 Å². The van der Waals surface area contributed by atoms with Gasteiger partial charge in [-0.2, -0.15) is 0 Å². The van der Waals surface area contributed by atoms with Crippen molar-refractivity contribution in [2.24, 2.45) is 5.41 Å². The van der Waals surface area contributed by atoms with Gasteiger partial charge in [-0.05, 0) is 6.42 Å². The summed E-state index contributed by atoms with van der Waals surface area (Å²) in [6, 6.07) is 0. The lowest BCUT2D eigenvalue weighted by atomic mass is 9.88. The maximum Gasteiger partial charge on any atom is 0.330 e. The van der Waals surface area contributed by atoms with Gasteiger partial charge >= 0.3 is 5.97 Å². The molecule has 0 radical (unpaired) electrons. The molecule has 0 aromatic heterocycles. The molecule has 0 fully saturated rings. The number of carbonyl (C=O) groups excluding carboxylic acids is 1. The van der Waals surface area contributed by atoms with E-state index in [1.165, 1.54) is 0 Å². The third kappa shape index (κ3) is 6.41.